The van der Waals surface area contributed by atoms with Crippen molar-refractivity contribution in [2.45, 2.75) is 32.1 Å². The third-order valence-corrected chi connectivity index (χ3v) is 6.09. The van der Waals surface area contributed by atoms with Gasteiger partial charge < -0.3 is 5.32 Å². The van der Waals surface area contributed by atoms with Gasteiger partial charge in [-0.1, -0.05) is 12.8 Å². The highest BCUT2D eigenvalue weighted by molar-refractivity contribution is 7.89. The second-order valence-corrected chi connectivity index (χ2v) is 7.40. The molecule has 1 heterocycles. The van der Waals surface area contributed by atoms with Crippen molar-refractivity contribution >= 4 is 15.9 Å². The monoisotopic (exact) mass is 274 g/mol. The van der Waals surface area contributed by atoms with Gasteiger partial charge in [-0.05, 0) is 25.2 Å². The predicted octanol–water partition coefficient (Wildman–Crippen LogP) is 0.574. The van der Waals surface area contributed by atoms with Gasteiger partial charge in [0.2, 0.25) is 15.9 Å². The van der Waals surface area contributed by atoms with E-state index in [-0.39, 0.29) is 17.6 Å². The average molecular weight is 274 g/mol. The first kappa shape index (κ1) is 13.8. The maximum absolute atomic E-state index is 12.2. The molecule has 1 saturated carbocycles. The van der Waals surface area contributed by atoms with Gasteiger partial charge in [0, 0.05) is 20.1 Å². The minimum atomic E-state index is -3.16. The Morgan fingerprint density at radius 1 is 1.28 bits per heavy atom. The molecule has 1 aliphatic carbocycles. The van der Waals surface area contributed by atoms with Crippen LogP contribution in [0.1, 0.15) is 32.1 Å². The summed E-state index contributed by atoms with van der Waals surface area (Å²) in [5, 5.41) is 2.59. The Kier molecular flexibility index (Phi) is 4.27. The molecular formula is C12H22N2O3S. The van der Waals surface area contributed by atoms with E-state index in [1.165, 1.54) is 4.31 Å². The van der Waals surface area contributed by atoms with E-state index in [0.29, 0.717) is 25.4 Å². The van der Waals surface area contributed by atoms with E-state index in [4.69, 9.17) is 0 Å². The zero-order chi connectivity index (χ0) is 13.2. The summed E-state index contributed by atoms with van der Waals surface area (Å²) in [6.45, 7) is 0.849. The van der Waals surface area contributed by atoms with E-state index < -0.39 is 10.0 Å². The summed E-state index contributed by atoms with van der Waals surface area (Å²) in [6, 6.07) is 0. The predicted molar refractivity (Wildman–Crippen MR) is 69.5 cm³/mol. The van der Waals surface area contributed by atoms with Gasteiger partial charge in [-0.25, -0.2) is 12.7 Å². The number of nitrogens with one attached hydrogen (secondary N) is 1. The number of rotatable bonds is 4. The molecule has 104 valence electrons. The van der Waals surface area contributed by atoms with Crippen molar-refractivity contribution in [2.75, 3.05) is 25.9 Å². The van der Waals surface area contributed by atoms with E-state index in [9.17, 15) is 13.2 Å². The van der Waals surface area contributed by atoms with Crippen molar-refractivity contribution in [2.24, 2.45) is 11.8 Å². The van der Waals surface area contributed by atoms with Crippen molar-refractivity contribution in [3.63, 3.8) is 0 Å². The van der Waals surface area contributed by atoms with Gasteiger partial charge in [0.05, 0.1) is 11.7 Å². The molecule has 0 aromatic rings. The Hall–Kier alpha value is -0.620. The van der Waals surface area contributed by atoms with Crippen LogP contribution < -0.4 is 5.32 Å². The van der Waals surface area contributed by atoms with Crippen LogP contribution in [0, 0.1) is 11.8 Å². The Bertz CT molecular complexity index is 402. The van der Waals surface area contributed by atoms with Crippen LogP contribution in [0.25, 0.3) is 0 Å². The minimum absolute atomic E-state index is 0.0476. The number of carbonyl (C=O) groups is 1. The first-order chi connectivity index (χ1) is 8.53. The standard InChI is InChI=1S/C12H22N2O3S/c1-13-12(15)11-6-7-14(8-11)18(16,17)9-10-4-2-3-5-10/h10-11H,2-9H2,1H3,(H,13,15). The van der Waals surface area contributed by atoms with Gasteiger partial charge >= 0.3 is 0 Å². The normalized spacial score (nSPS) is 26.6. The number of nitrogens with zero attached hydrogens (tertiary/aromatic N) is 1. The maximum Gasteiger partial charge on any atom is 0.224 e. The van der Waals surface area contributed by atoms with E-state index in [1.54, 1.807) is 7.05 Å². The smallest absolute Gasteiger partial charge is 0.224 e. The topological polar surface area (TPSA) is 66.5 Å². The van der Waals surface area contributed by atoms with Crippen LogP contribution in [0.15, 0.2) is 0 Å². The zero-order valence-electron chi connectivity index (χ0n) is 10.9. The minimum Gasteiger partial charge on any atom is -0.359 e. The summed E-state index contributed by atoms with van der Waals surface area (Å²) in [6.07, 6.45) is 5.02. The van der Waals surface area contributed by atoms with Gasteiger partial charge in [0.25, 0.3) is 0 Å². The Balaban J connectivity index is 1.93. The molecule has 6 heteroatoms. The average Bonchev–Trinajstić information content (AvgIpc) is 2.97. The molecule has 0 spiro atoms. The lowest BCUT2D eigenvalue weighted by atomic mass is 10.1. The third kappa shape index (κ3) is 3.03. The summed E-state index contributed by atoms with van der Waals surface area (Å²) in [4.78, 5) is 11.5. The van der Waals surface area contributed by atoms with E-state index in [1.807, 2.05) is 0 Å². The molecule has 18 heavy (non-hydrogen) atoms. The molecule has 1 amide bonds. The molecule has 1 saturated heterocycles. The second kappa shape index (κ2) is 5.57. The lowest BCUT2D eigenvalue weighted by Crippen LogP contribution is -2.35. The largest absolute Gasteiger partial charge is 0.359 e. The summed E-state index contributed by atoms with van der Waals surface area (Å²) in [7, 11) is -1.57. The third-order valence-electron chi connectivity index (χ3n) is 4.08. The molecule has 2 aliphatic rings. The van der Waals surface area contributed by atoms with E-state index >= 15 is 0 Å². The van der Waals surface area contributed by atoms with Crippen molar-refractivity contribution < 1.29 is 13.2 Å². The molecule has 0 aromatic heterocycles. The summed E-state index contributed by atoms with van der Waals surface area (Å²) in [5.41, 5.74) is 0. The fraction of sp³-hybridized carbons (Fsp3) is 0.917. The quantitative estimate of drug-likeness (QED) is 0.815. The van der Waals surface area contributed by atoms with Crippen LogP contribution in [-0.2, 0) is 14.8 Å². The highest BCUT2D eigenvalue weighted by Crippen LogP contribution is 2.28. The van der Waals surface area contributed by atoms with Crippen molar-refractivity contribution in [1.29, 1.82) is 0 Å². The molecule has 1 aliphatic heterocycles. The summed E-state index contributed by atoms with van der Waals surface area (Å²) in [5.74, 6) is 0.379. The number of hydrogen-bond donors (Lipinski definition) is 1. The van der Waals surface area contributed by atoms with Gasteiger partial charge in [0.15, 0.2) is 0 Å². The molecule has 0 radical (unpaired) electrons. The van der Waals surface area contributed by atoms with Crippen LogP contribution in [0.2, 0.25) is 0 Å². The van der Waals surface area contributed by atoms with Crippen molar-refractivity contribution in [1.82, 2.24) is 9.62 Å². The van der Waals surface area contributed by atoms with Gasteiger partial charge in [-0.15, -0.1) is 0 Å². The highest BCUT2D eigenvalue weighted by Gasteiger charge is 2.36. The van der Waals surface area contributed by atoms with Crippen LogP contribution in [0.5, 0.6) is 0 Å². The number of amides is 1. The number of carbonyl (C=O) groups excluding carboxylic acids is 1. The molecule has 1 N–H and O–H groups in total. The van der Waals surface area contributed by atoms with Gasteiger partial charge in [-0.2, -0.15) is 0 Å². The fourth-order valence-electron chi connectivity index (χ4n) is 2.98. The molecular weight excluding hydrogens is 252 g/mol. The SMILES string of the molecule is CNC(=O)C1CCN(S(=O)(=O)CC2CCCC2)C1. The van der Waals surface area contributed by atoms with Crippen LogP contribution in [0.4, 0.5) is 0 Å². The lowest BCUT2D eigenvalue weighted by molar-refractivity contribution is -0.123. The van der Waals surface area contributed by atoms with E-state index in [0.717, 1.165) is 25.7 Å². The molecule has 2 fully saturated rings. The van der Waals surface area contributed by atoms with Crippen molar-refractivity contribution in [3.8, 4) is 0 Å². The van der Waals surface area contributed by atoms with Crippen LogP contribution >= 0.6 is 0 Å². The molecule has 5 nitrogen and oxygen atoms in total. The molecule has 2 rings (SSSR count). The summed E-state index contributed by atoms with van der Waals surface area (Å²) < 4.78 is 26.0. The van der Waals surface area contributed by atoms with Crippen LogP contribution in [-0.4, -0.2) is 44.5 Å². The second-order valence-electron chi connectivity index (χ2n) is 5.39. The Morgan fingerprint density at radius 3 is 2.56 bits per heavy atom. The Morgan fingerprint density at radius 2 is 1.94 bits per heavy atom. The van der Waals surface area contributed by atoms with Gasteiger partial charge in [-0.3, -0.25) is 4.79 Å². The maximum atomic E-state index is 12.2. The van der Waals surface area contributed by atoms with E-state index in [2.05, 4.69) is 5.32 Å². The molecule has 1 unspecified atom stereocenters. The fourth-order valence-corrected chi connectivity index (χ4v) is 4.91. The summed E-state index contributed by atoms with van der Waals surface area (Å²) >= 11 is 0. The van der Waals surface area contributed by atoms with Gasteiger partial charge in [0.1, 0.15) is 0 Å². The first-order valence-corrected chi connectivity index (χ1v) is 8.33. The van der Waals surface area contributed by atoms with Crippen molar-refractivity contribution in [3.05, 3.63) is 0 Å². The first-order valence-electron chi connectivity index (χ1n) is 6.72. The Labute approximate surface area is 109 Å². The molecule has 1 atom stereocenters. The molecule has 0 bridgehead atoms. The molecule has 0 aromatic carbocycles. The number of hydrogen-bond acceptors (Lipinski definition) is 3. The zero-order valence-corrected chi connectivity index (χ0v) is 11.7. The lowest BCUT2D eigenvalue weighted by Gasteiger charge is -2.18. The van der Waals surface area contributed by atoms with Crippen LogP contribution in [0.3, 0.4) is 0 Å². The highest BCUT2D eigenvalue weighted by atomic mass is 32.2. The number of sulfonamides is 1.